The van der Waals surface area contributed by atoms with Crippen LogP contribution in [0.1, 0.15) is 10.6 Å². The number of carbonyl (C=O) groups excluding carboxylic acids is 1. The van der Waals surface area contributed by atoms with E-state index in [0.29, 0.717) is 12.3 Å². The lowest BCUT2D eigenvalue weighted by molar-refractivity contribution is -0.116. The first-order chi connectivity index (χ1) is 10.3. The normalized spacial score (nSPS) is 11.0. The number of nitrogens with one attached hydrogen (secondary N) is 1. The van der Waals surface area contributed by atoms with Crippen molar-refractivity contribution in [3.05, 3.63) is 65.0 Å². The maximum Gasteiger partial charge on any atom is 0.244 e. The summed E-state index contributed by atoms with van der Waals surface area (Å²) >= 11 is 1.59. The quantitative estimate of drug-likeness (QED) is 0.726. The highest BCUT2D eigenvalue weighted by Crippen LogP contribution is 2.25. The van der Waals surface area contributed by atoms with Crippen molar-refractivity contribution in [1.82, 2.24) is 5.32 Å². The minimum Gasteiger partial charge on any atom is -0.465 e. The van der Waals surface area contributed by atoms with Crippen LogP contribution in [-0.4, -0.2) is 5.91 Å². The van der Waals surface area contributed by atoms with Crippen molar-refractivity contribution in [1.29, 1.82) is 0 Å². The Labute approximate surface area is 125 Å². The summed E-state index contributed by atoms with van der Waals surface area (Å²) < 4.78 is 10.5. The summed E-state index contributed by atoms with van der Waals surface area (Å²) in [6, 6.07) is 9.35. The van der Waals surface area contributed by atoms with E-state index < -0.39 is 0 Å². The Morgan fingerprint density at radius 3 is 2.86 bits per heavy atom. The Kier molecular flexibility index (Phi) is 4.02. The average molecular weight is 299 g/mol. The zero-order valence-electron chi connectivity index (χ0n) is 11.1. The van der Waals surface area contributed by atoms with Gasteiger partial charge in [-0.1, -0.05) is 0 Å². The molecule has 0 bridgehead atoms. The van der Waals surface area contributed by atoms with Crippen molar-refractivity contribution >= 4 is 23.3 Å². The van der Waals surface area contributed by atoms with Crippen LogP contribution in [0.3, 0.4) is 0 Å². The Hall–Kier alpha value is -2.53. The number of carbonyl (C=O) groups is 1. The molecule has 0 spiro atoms. The van der Waals surface area contributed by atoms with Gasteiger partial charge in [0.15, 0.2) is 0 Å². The third-order valence-electron chi connectivity index (χ3n) is 2.84. The predicted octanol–water partition coefficient (Wildman–Crippen LogP) is 3.93. The number of thiophene rings is 1. The van der Waals surface area contributed by atoms with Gasteiger partial charge in [0.1, 0.15) is 11.5 Å². The third kappa shape index (κ3) is 3.52. The average Bonchev–Trinajstić information content (AvgIpc) is 3.24. The number of furan rings is 2. The summed E-state index contributed by atoms with van der Waals surface area (Å²) in [5.41, 5.74) is 1.03. The Morgan fingerprint density at radius 1 is 1.24 bits per heavy atom. The molecule has 3 aromatic heterocycles. The van der Waals surface area contributed by atoms with Crippen LogP contribution in [0.5, 0.6) is 0 Å². The monoisotopic (exact) mass is 299 g/mol. The molecule has 3 heterocycles. The smallest absolute Gasteiger partial charge is 0.244 e. The van der Waals surface area contributed by atoms with Crippen LogP contribution >= 0.6 is 11.3 Å². The minimum atomic E-state index is -0.153. The van der Waals surface area contributed by atoms with E-state index in [1.165, 1.54) is 6.08 Å². The molecule has 0 aliphatic heterocycles. The van der Waals surface area contributed by atoms with Crippen molar-refractivity contribution in [3.8, 4) is 11.3 Å². The van der Waals surface area contributed by atoms with Crippen molar-refractivity contribution < 1.29 is 13.6 Å². The van der Waals surface area contributed by atoms with E-state index in [4.69, 9.17) is 8.83 Å². The molecule has 5 heteroatoms. The highest BCUT2D eigenvalue weighted by atomic mass is 32.1. The van der Waals surface area contributed by atoms with Crippen LogP contribution in [0.25, 0.3) is 17.4 Å². The molecule has 0 saturated heterocycles. The molecular weight excluding hydrogens is 286 g/mol. The highest BCUT2D eigenvalue weighted by Gasteiger charge is 2.05. The van der Waals surface area contributed by atoms with Crippen molar-refractivity contribution in [2.24, 2.45) is 0 Å². The van der Waals surface area contributed by atoms with Gasteiger partial charge in [-0.05, 0) is 36.4 Å². The van der Waals surface area contributed by atoms with Crippen molar-refractivity contribution in [2.45, 2.75) is 6.54 Å². The van der Waals surface area contributed by atoms with E-state index in [0.717, 1.165) is 16.2 Å². The summed E-state index contributed by atoms with van der Waals surface area (Å²) in [5.74, 6) is 1.34. The number of amides is 1. The summed E-state index contributed by atoms with van der Waals surface area (Å²) in [6.07, 6.45) is 6.31. The third-order valence-corrected chi connectivity index (χ3v) is 3.78. The van der Waals surface area contributed by atoms with Crippen LogP contribution in [-0.2, 0) is 11.3 Å². The van der Waals surface area contributed by atoms with E-state index >= 15 is 0 Å². The van der Waals surface area contributed by atoms with E-state index in [1.807, 2.05) is 23.6 Å². The van der Waals surface area contributed by atoms with Crippen LogP contribution in [0.4, 0.5) is 0 Å². The first-order valence-corrected chi connectivity index (χ1v) is 7.30. The molecule has 1 amide bonds. The molecule has 3 aromatic rings. The van der Waals surface area contributed by atoms with Gasteiger partial charge in [0.25, 0.3) is 0 Å². The fourth-order valence-corrected chi connectivity index (χ4v) is 2.64. The largest absolute Gasteiger partial charge is 0.465 e. The molecular formula is C16H13NO3S. The summed E-state index contributed by atoms with van der Waals surface area (Å²) in [4.78, 5) is 12.8. The SMILES string of the molecule is O=C(C=Cc1ccco1)NCc1cc(-c2ccco2)cs1. The van der Waals surface area contributed by atoms with Gasteiger partial charge >= 0.3 is 0 Å². The van der Waals surface area contributed by atoms with Crippen LogP contribution in [0.2, 0.25) is 0 Å². The van der Waals surface area contributed by atoms with Crippen molar-refractivity contribution in [2.75, 3.05) is 0 Å². The lowest BCUT2D eigenvalue weighted by Gasteiger charge is -1.98. The number of hydrogen-bond acceptors (Lipinski definition) is 4. The molecule has 0 aromatic carbocycles. The second kappa shape index (κ2) is 6.28. The van der Waals surface area contributed by atoms with Crippen LogP contribution in [0.15, 0.2) is 63.1 Å². The maximum atomic E-state index is 11.7. The van der Waals surface area contributed by atoms with E-state index in [2.05, 4.69) is 5.32 Å². The van der Waals surface area contributed by atoms with E-state index in [-0.39, 0.29) is 5.91 Å². The van der Waals surface area contributed by atoms with Crippen LogP contribution < -0.4 is 5.32 Å². The second-order valence-corrected chi connectivity index (χ2v) is 5.34. The molecule has 1 N–H and O–H groups in total. The molecule has 21 heavy (non-hydrogen) atoms. The molecule has 0 fully saturated rings. The molecule has 0 unspecified atom stereocenters. The lowest BCUT2D eigenvalue weighted by Crippen LogP contribution is -2.19. The molecule has 0 radical (unpaired) electrons. The fourth-order valence-electron chi connectivity index (χ4n) is 1.82. The van der Waals surface area contributed by atoms with Gasteiger partial charge < -0.3 is 14.2 Å². The molecule has 0 aliphatic rings. The highest BCUT2D eigenvalue weighted by molar-refractivity contribution is 7.10. The summed E-state index contributed by atoms with van der Waals surface area (Å²) in [7, 11) is 0. The maximum absolute atomic E-state index is 11.7. The first-order valence-electron chi connectivity index (χ1n) is 6.42. The van der Waals surface area contributed by atoms with Gasteiger partial charge in [0, 0.05) is 21.9 Å². The summed E-state index contributed by atoms with van der Waals surface area (Å²) in [5, 5.41) is 4.85. The summed E-state index contributed by atoms with van der Waals surface area (Å²) in [6.45, 7) is 0.493. The van der Waals surface area contributed by atoms with Crippen LogP contribution in [0, 0.1) is 0 Å². The molecule has 4 nitrogen and oxygen atoms in total. The molecule has 106 valence electrons. The second-order valence-electron chi connectivity index (χ2n) is 4.35. The minimum absolute atomic E-state index is 0.153. The topological polar surface area (TPSA) is 55.4 Å². The van der Waals surface area contributed by atoms with Gasteiger partial charge in [-0.3, -0.25) is 4.79 Å². The first kappa shape index (κ1) is 13.5. The number of hydrogen-bond donors (Lipinski definition) is 1. The Bertz CT molecular complexity index is 724. The Morgan fingerprint density at radius 2 is 2.10 bits per heavy atom. The van der Waals surface area contributed by atoms with Gasteiger partial charge in [0.05, 0.1) is 19.1 Å². The van der Waals surface area contributed by atoms with Gasteiger partial charge in [-0.25, -0.2) is 0 Å². The molecule has 0 saturated carbocycles. The van der Waals surface area contributed by atoms with Gasteiger partial charge in [-0.15, -0.1) is 11.3 Å². The number of rotatable bonds is 5. The zero-order chi connectivity index (χ0) is 14.5. The molecule has 3 rings (SSSR count). The van der Waals surface area contributed by atoms with E-state index in [9.17, 15) is 4.79 Å². The van der Waals surface area contributed by atoms with Gasteiger partial charge in [-0.2, -0.15) is 0 Å². The molecule has 0 atom stereocenters. The van der Waals surface area contributed by atoms with Gasteiger partial charge in [0.2, 0.25) is 5.91 Å². The Balaban J connectivity index is 1.54. The fraction of sp³-hybridized carbons (Fsp3) is 0.0625. The lowest BCUT2D eigenvalue weighted by atomic mass is 10.2. The predicted molar refractivity (Wildman–Crippen MR) is 81.6 cm³/mol. The van der Waals surface area contributed by atoms with E-state index in [1.54, 1.807) is 42.1 Å². The van der Waals surface area contributed by atoms with Crippen molar-refractivity contribution in [3.63, 3.8) is 0 Å². The molecule has 0 aliphatic carbocycles. The zero-order valence-corrected chi connectivity index (χ0v) is 11.9. The standard InChI is InChI=1S/C16H13NO3S/c18-16(6-5-13-3-1-7-19-13)17-10-14-9-12(11-21-14)15-4-2-8-20-15/h1-9,11H,10H2,(H,17,18).